The van der Waals surface area contributed by atoms with Crippen molar-refractivity contribution in [1.29, 1.82) is 0 Å². The number of nitrogens with zero attached hydrogens (tertiary/aromatic N) is 1. The molecule has 2 aliphatic heterocycles. The standard InChI is InChI=1S/C13H22N2/c1-2-12-5-9-15(10-6-12)11-13-3-7-14-8-4-13/h1,12-14H,3-11H2. The van der Waals surface area contributed by atoms with E-state index in [2.05, 4.69) is 16.1 Å². The second-order valence-corrected chi connectivity index (χ2v) is 4.93. The molecule has 0 radical (unpaired) electrons. The Balaban J connectivity index is 1.69. The minimum atomic E-state index is 0.550. The summed E-state index contributed by atoms with van der Waals surface area (Å²) < 4.78 is 0. The molecule has 0 aliphatic carbocycles. The smallest absolute Gasteiger partial charge is 0.0224 e. The average Bonchev–Trinajstić information content (AvgIpc) is 2.31. The normalized spacial score (nSPS) is 26.3. The van der Waals surface area contributed by atoms with Crippen molar-refractivity contribution in [2.45, 2.75) is 25.7 Å². The fourth-order valence-electron chi connectivity index (χ4n) is 2.71. The van der Waals surface area contributed by atoms with E-state index in [1.54, 1.807) is 0 Å². The van der Waals surface area contributed by atoms with Gasteiger partial charge in [0.2, 0.25) is 0 Å². The lowest BCUT2D eigenvalue weighted by molar-refractivity contribution is 0.163. The van der Waals surface area contributed by atoms with Gasteiger partial charge in [-0.25, -0.2) is 0 Å². The van der Waals surface area contributed by atoms with Crippen molar-refractivity contribution in [2.24, 2.45) is 11.8 Å². The van der Waals surface area contributed by atoms with Gasteiger partial charge >= 0.3 is 0 Å². The Morgan fingerprint density at radius 3 is 2.40 bits per heavy atom. The summed E-state index contributed by atoms with van der Waals surface area (Å²) in [6.07, 6.45) is 10.6. The fraction of sp³-hybridized carbons (Fsp3) is 0.846. The molecule has 15 heavy (non-hydrogen) atoms. The van der Waals surface area contributed by atoms with E-state index < -0.39 is 0 Å². The first kappa shape index (κ1) is 11.0. The number of nitrogens with one attached hydrogen (secondary N) is 1. The summed E-state index contributed by atoms with van der Waals surface area (Å²) in [4.78, 5) is 2.61. The number of rotatable bonds is 2. The molecule has 0 aromatic heterocycles. The molecule has 2 aliphatic rings. The van der Waals surface area contributed by atoms with Crippen molar-refractivity contribution in [3.05, 3.63) is 0 Å². The Morgan fingerprint density at radius 2 is 1.80 bits per heavy atom. The molecule has 0 aromatic rings. The van der Waals surface area contributed by atoms with E-state index in [9.17, 15) is 0 Å². The van der Waals surface area contributed by atoms with Crippen LogP contribution in [0.15, 0.2) is 0 Å². The lowest BCUT2D eigenvalue weighted by atomic mass is 9.94. The minimum Gasteiger partial charge on any atom is -0.317 e. The van der Waals surface area contributed by atoms with Gasteiger partial charge in [-0.1, -0.05) is 0 Å². The summed E-state index contributed by atoms with van der Waals surface area (Å²) in [7, 11) is 0. The maximum absolute atomic E-state index is 5.46. The Kier molecular flexibility index (Phi) is 4.05. The summed E-state index contributed by atoms with van der Waals surface area (Å²) in [5, 5.41) is 3.42. The zero-order chi connectivity index (χ0) is 10.5. The third kappa shape index (κ3) is 3.22. The molecule has 0 bridgehead atoms. The minimum absolute atomic E-state index is 0.550. The second-order valence-electron chi connectivity index (χ2n) is 4.93. The average molecular weight is 206 g/mol. The molecule has 2 rings (SSSR count). The lowest BCUT2D eigenvalue weighted by Gasteiger charge is -2.34. The third-order valence-corrected chi connectivity index (χ3v) is 3.80. The monoisotopic (exact) mass is 206 g/mol. The molecule has 0 saturated carbocycles. The topological polar surface area (TPSA) is 15.3 Å². The zero-order valence-electron chi connectivity index (χ0n) is 9.54. The highest BCUT2D eigenvalue weighted by Crippen LogP contribution is 2.19. The van der Waals surface area contributed by atoms with Gasteiger partial charge in [-0.05, 0) is 57.8 Å². The second kappa shape index (κ2) is 5.53. The van der Waals surface area contributed by atoms with Gasteiger partial charge in [0.05, 0.1) is 0 Å². The molecule has 0 amide bonds. The van der Waals surface area contributed by atoms with Crippen molar-refractivity contribution in [1.82, 2.24) is 10.2 Å². The third-order valence-electron chi connectivity index (χ3n) is 3.80. The van der Waals surface area contributed by atoms with E-state index in [1.165, 1.54) is 58.4 Å². The number of hydrogen-bond donors (Lipinski definition) is 1. The molecule has 0 aromatic carbocycles. The molecule has 2 nitrogen and oxygen atoms in total. The number of hydrogen-bond acceptors (Lipinski definition) is 2. The predicted octanol–water partition coefficient (Wildman–Crippen LogP) is 1.33. The quantitative estimate of drug-likeness (QED) is 0.686. The van der Waals surface area contributed by atoms with Crippen LogP contribution in [0.2, 0.25) is 0 Å². The van der Waals surface area contributed by atoms with Crippen LogP contribution in [0.3, 0.4) is 0 Å². The summed E-state index contributed by atoms with van der Waals surface area (Å²) in [5.41, 5.74) is 0. The van der Waals surface area contributed by atoms with Gasteiger partial charge in [-0.3, -0.25) is 0 Å². The fourth-order valence-corrected chi connectivity index (χ4v) is 2.71. The highest BCUT2D eigenvalue weighted by molar-refractivity contribution is 4.95. The molecule has 2 heteroatoms. The van der Waals surface area contributed by atoms with Gasteiger partial charge in [0, 0.05) is 12.5 Å². The number of piperidine rings is 2. The lowest BCUT2D eigenvalue weighted by Crippen LogP contribution is -2.40. The molecule has 2 saturated heterocycles. The maximum Gasteiger partial charge on any atom is 0.0224 e. The summed E-state index contributed by atoms with van der Waals surface area (Å²) in [6, 6.07) is 0. The van der Waals surface area contributed by atoms with E-state index in [0.29, 0.717) is 5.92 Å². The van der Waals surface area contributed by atoms with Crippen molar-refractivity contribution < 1.29 is 0 Å². The van der Waals surface area contributed by atoms with Crippen LogP contribution in [-0.4, -0.2) is 37.6 Å². The predicted molar refractivity (Wildman–Crippen MR) is 63.6 cm³/mol. The molecular formula is C13H22N2. The van der Waals surface area contributed by atoms with Crippen molar-refractivity contribution >= 4 is 0 Å². The van der Waals surface area contributed by atoms with E-state index in [-0.39, 0.29) is 0 Å². The Morgan fingerprint density at radius 1 is 1.13 bits per heavy atom. The van der Waals surface area contributed by atoms with E-state index in [1.807, 2.05) is 0 Å². The first-order valence-electron chi connectivity index (χ1n) is 6.27. The molecule has 0 unspecified atom stereocenters. The first-order chi connectivity index (χ1) is 7.38. The molecule has 2 fully saturated rings. The van der Waals surface area contributed by atoms with Gasteiger partial charge in [0.25, 0.3) is 0 Å². The SMILES string of the molecule is C#CC1CCN(CC2CCNCC2)CC1. The summed E-state index contributed by atoms with van der Waals surface area (Å²) >= 11 is 0. The van der Waals surface area contributed by atoms with Crippen LogP contribution >= 0.6 is 0 Å². The molecule has 2 heterocycles. The Bertz CT molecular complexity index is 217. The highest BCUT2D eigenvalue weighted by Gasteiger charge is 2.21. The summed E-state index contributed by atoms with van der Waals surface area (Å²) in [5.74, 6) is 4.37. The van der Waals surface area contributed by atoms with Gasteiger partial charge in [-0.15, -0.1) is 12.3 Å². The van der Waals surface area contributed by atoms with Gasteiger partial charge in [0.1, 0.15) is 0 Å². The van der Waals surface area contributed by atoms with Crippen molar-refractivity contribution in [2.75, 3.05) is 32.7 Å². The van der Waals surface area contributed by atoms with E-state index in [0.717, 1.165) is 5.92 Å². The van der Waals surface area contributed by atoms with Gasteiger partial charge in [-0.2, -0.15) is 0 Å². The van der Waals surface area contributed by atoms with Crippen LogP contribution in [0.25, 0.3) is 0 Å². The van der Waals surface area contributed by atoms with Crippen LogP contribution in [0, 0.1) is 24.2 Å². The van der Waals surface area contributed by atoms with Crippen LogP contribution in [0.5, 0.6) is 0 Å². The van der Waals surface area contributed by atoms with E-state index >= 15 is 0 Å². The van der Waals surface area contributed by atoms with Gasteiger partial charge in [0.15, 0.2) is 0 Å². The van der Waals surface area contributed by atoms with Crippen LogP contribution in [0.1, 0.15) is 25.7 Å². The van der Waals surface area contributed by atoms with Crippen molar-refractivity contribution in [3.8, 4) is 12.3 Å². The van der Waals surface area contributed by atoms with E-state index in [4.69, 9.17) is 6.42 Å². The molecular weight excluding hydrogens is 184 g/mol. The molecule has 0 atom stereocenters. The summed E-state index contributed by atoms with van der Waals surface area (Å²) in [6.45, 7) is 6.17. The number of likely N-dealkylation sites (tertiary alicyclic amines) is 1. The number of terminal acetylenes is 1. The van der Waals surface area contributed by atoms with Crippen LogP contribution in [-0.2, 0) is 0 Å². The highest BCUT2D eigenvalue weighted by atomic mass is 15.1. The maximum atomic E-state index is 5.46. The Hall–Kier alpha value is -0.520. The van der Waals surface area contributed by atoms with Crippen LogP contribution < -0.4 is 5.32 Å². The van der Waals surface area contributed by atoms with Gasteiger partial charge < -0.3 is 10.2 Å². The molecule has 84 valence electrons. The zero-order valence-corrected chi connectivity index (χ0v) is 9.54. The van der Waals surface area contributed by atoms with Crippen molar-refractivity contribution in [3.63, 3.8) is 0 Å². The molecule has 1 N–H and O–H groups in total. The largest absolute Gasteiger partial charge is 0.317 e. The Labute approximate surface area is 93.4 Å². The van der Waals surface area contributed by atoms with Crippen LogP contribution in [0.4, 0.5) is 0 Å². The molecule has 0 spiro atoms. The first-order valence-corrected chi connectivity index (χ1v) is 6.27.